The summed E-state index contributed by atoms with van der Waals surface area (Å²) in [6, 6.07) is 12.0. The van der Waals surface area contributed by atoms with Crippen LogP contribution in [0.15, 0.2) is 51.8 Å². The van der Waals surface area contributed by atoms with Crippen LogP contribution in [0, 0.1) is 0 Å². The highest BCUT2D eigenvalue weighted by atomic mass is 79.9. The molecule has 0 aliphatic carbocycles. The summed E-state index contributed by atoms with van der Waals surface area (Å²) >= 11 is 10.6. The van der Waals surface area contributed by atoms with E-state index in [1.54, 1.807) is 18.2 Å². The molecule has 9 heteroatoms. The van der Waals surface area contributed by atoms with Gasteiger partial charge in [-0.05, 0) is 64.0 Å². The summed E-state index contributed by atoms with van der Waals surface area (Å²) in [6.45, 7) is 1.79. The summed E-state index contributed by atoms with van der Waals surface area (Å²) in [7, 11) is 1.20. The Bertz CT molecular complexity index is 1000. The zero-order chi connectivity index (χ0) is 21.8. The van der Waals surface area contributed by atoms with Crippen molar-refractivity contribution in [2.24, 2.45) is 0 Å². The standard InChI is InChI=1S/C21H17BrClNO5S/c1-12(20(26)28-2)24-19(25)17(30-21(24)27)10-14-8-15(22)18(16(23)9-14)29-11-13-6-4-3-5-7-13/h3-10,12H,11H2,1-2H3/b17-10+/t12-/m0/s1. The highest BCUT2D eigenvalue weighted by Gasteiger charge is 2.41. The van der Waals surface area contributed by atoms with Gasteiger partial charge in [0.1, 0.15) is 12.6 Å². The Morgan fingerprint density at radius 1 is 1.27 bits per heavy atom. The summed E-state index contributed by atoms with van der Waals surface area (Å²) in [6.07, 6.45) is 1.55. The van der Waals surface area contributed by atoms with Crippen LogP contribution in [0.5, 0.6) is 5.75 Å². The van der Waals surface area contributed by atoms with E-state index in [4.69, 9.17) is 16.3 Å². The minimum atomic E-state index is -1.00. The maximum atomic E-state index is 12.6. The van der Waals surface area contributed by atoms with Gasteiger partial charge >= 0.3 is 5.97 Å². The largest absolute Gasteiger partial charge is 0.486 e. The molecule has 0 N–H and O–H groups in total. The van der Waals surface area contributed by atoms with E-state index in [0.717, 1.165) is 22.2 Å². The van der Waals surface area contributed by atoms with Gasteiger partial charge in [0, 0.05) is 0 Å². The van der Waals surface area contributed by atoms with Crippen LogP contribution in [0.3, 0.4) is 0 Å². The van der Waals surface area contributed by atoms with Crippen molar-refractivity contribution in [3.63, 3.8) is 0 Å². The summed E-state index contributed by atoms with van der Waals surface area (Å²) in [5.74, 6) is -0.742. The predicted molar refractivity (Wildman–Crippen MR) is 119 cm³/mol. The quantitative estimate of drug-likeness (QED) is 0.389. The third-order valence-electron chi connectivity index (χ3n) is 4.30. The number of rotatable bonds is 6. The van der Waals surface area contributed by atoms with Crippen LogP contribution < -0.4 is 4.74 Å². The van der Waals surface area contributed by atoms with Crippen LogP contribution in [-0.2, 0) is 20.9 Å². The van der Waals surface area contributed by atoms with Crippen molar-refractivity contribution < 1.29 is 23.9 Å². The molecular formula is C21H17BrClNO5S. The second-order valence-corrected chi connectivity index (χ2v) is 8.59. The van der Waals surface area contributed by atoms with Crippen LogP contribution in [0.25, 0.3) is 6.08 Å². The van der Waals surface area contributed by atoms with Gasteiger partial charge in [-0.1, -0.05) is 41.9 Å². The van der Waals surface area contributed by atoms with Gasteiger partial charge in [0.15, 0.2) is 5.75 Å². The minimum absolute atomic E-state index is 0.191. The van der Waals surface area contributed by atoms with E-state index in [2.05, 4.69) is 20.7 Å². The monoisotopic (exact) mass is 509 g/mol. The zero-order valence-electron chi connectivity index (χ0n) is 16.1. The van der Waals surface area contributed by atoms with Crippen molar-refractivity contribution in [2.45, 2.75) is 19.6 Å². The van der Waals surface area contributed by atoms with Gasteiger partial charge in [0.2, 0.25) is 0 Å². The predicted octanol–water partition coefficient (Wildman–Crippen LogP) is 5.28. The number of amides is 2. The van der Waals surface area contributed by atoms with Gasteiger partial charge in [-0.3, -0.25) is 14.5 Å². The Morgan fingerprint density at radius 2 is 1.97 bits per heavy atom. The highest BCUT2D eigenvalue weighted by molar-refractivity contribution is 9.10. The van der Waals surface area contributed by atoms with Crippen molar-refractivity contribution in [2.75, 3.05) is 7.11 Å². The van der Waals surface area contributed by atoms with E-state index < -0.39 is 23.2 Å². The third-order valence-corrected chi connectivity index (χ3v) is 6.05. The topological polar surface area (TPSA) is 72.9 Å². The van der Waals surface area contributed by atoms with Crippen LogP contribution in [0.1, 0.15) is 18.1 Å². The van der Waals surface area contributed by atoms with Crippen molar-refractivity contribution in [1.29, 1.82) is 0 Å². The van der Waals surface area contributed by atoms with E-state index in [9.17, 15) is 14.4 Å². The lowest BCUT2D eigenvalue weighted by molar-refractivity contribution is -0.148. The lowest BCUT2D eigenvalue weighted by Crippen LogP contribution is -2.42. The fourth-order valence-corrected chi connectivity index (χ4v) is 4.67. The average Bonchev–Trinajstić information content (AvgIpc) is 2.99. The number of methoxy groups -OCH3 is 1. The number of nitrogens with zero attached hydrogens (tertiary/aromatic N) is 1. The van der Waals surface area contributed by atoms with E-state index in [0.29, 0.717) is 27.4 Å². The minimum Gasteiger partial charge on any atom is -0.486 e. The maximum absolute atomic E-state index is 12.6. The van der Waals surface area contributed by atoms with E-state index in [1.165, 1.54) is 14.0 Å². The van der Waals surface area contributed by atoms with Crippen molar-refractivity contribution in [3.05, 3.63) is 68.0 Å². The van der Waals surface area contributed by atoms with Crippen molar-refractivity contribution in [1.82, 2.24) is 4.90 Å². The van der Waals surface area contributed by atoms with Crippen LogP contribution in [-0.4, -0.2) is 35.2 Å². The van der Waals surface area contributed by atoms with Crippen LogP contribution in [0.2, 0.25) is 5.02 Å². The van der Waals surface area contributed by atoms with E-state index >= 15 is 0 Å². The molecule has 2 aromatic rings. The molecule has 0 bridgehead atoms. The Hall–Kier alpha value is -2.29. The summed E-state index contributed by atoms with van der Waals surface area (Å²) in [4.78, 5) is 37.6. The van der Waals surface area contributed by atoms with Gasteiger partial charge in [-0.15, -0.1) is 0 Å². The first-order valence-electron chi connectivity index (χ1n) is 8.82. The normalized spacial score (nSPS) is 16.1. The van der Waals surface area contributed by atoms with Crippen LogP contribution >= 0.6 is 39.3 Å². The molecule has 3 rings (SSSR count). The Morgan fingerprint density at radius 3 is 2.60 bits per heavy atom. The number of carbonyl (C=O) groups excluding carboxylic acids is 3. The molecule has 0 saturated carbocycles. The second-order valence-electron chi connectivity index (χ2n) is 6.34. The molecular weight excluding hydrogens is 494 g/mol. The fourth-order valence-electron chi connectivity index (χ4n) is 2.77. The number of carbonyl (C=O) groups is 3. The Labute approximate surface area is 191 Å². The number of imide groups is 1. The lowest BCUT2D eigenvalue weighted by atomic mass is 10.2. The van der Waals surface area contributed by atoms with Crippen molar-refractivity contribution in [3.8, 4) is 5.75 Å². The number of benzene rings is 2. The number of thioether (sulfide) groups is 1. The lowest BCUT2D eigenvalue weighted by Gasteiger charge is -2.18. The summed E-state index contributed by atoms with van der Waals surface area (Å²) in [5, 5.41) is -0.175. The number of hydrogen-bond acceptors (Lipinski definition) is 6. The zero-order valence-corrected chi connectivity index (χ0v) is 19.2. The average molecular weight is 511 g/mol. The molecule has 0 radical (unpaired) electrons. The van der Waals surface area contributed by atoms with Gasteiger partial charge in [0.05, 0.1) is 21.5 Å². The first-order chi connectivity index (χ1) is 14.3. The fraction of sp³-hybridized carbons (Fsp3) is 0.190. The molecule has 1 saturated heterocycles. The molecule has 0 aromatic heterocycles. The third kappa shape index (κ3) is 4.88. The Kier molecular flexibility index (Phi) is 7.23. The second kappa shape index (κ2) is 9.68. The maximum Gasteiger partial charge on any atom is 0.328 e. The van der Waals surface area contributed by atoms with Gasteiger partial charge < -0.3 is 9.47 Å². The first kappa shape index (κ1) is 22.4. The molecule has 2 aromatic carbocycles. The first-order valence-corrected chi connectivity index (χ1v) is 10.8. The molecule has 1 atom stereocenters. The highest BCUT2D eigenvalue weighted by Crippen LogP contribution is 2.38. The number of hydrogen-bond donors (Lipinski definition) is 0. The number of halogens is 2. The SMILES string of the molecule is COC(=O)[C@H](C)N1C(=O)S/C(=C/c2cc(Cl)c(OCc3ccccc3)c(Br)c2)C1=O. The molecule has 1 aliphatic heterocycles. The molecule has 2 amide bonds. The molecule has 1 aliphatic rings. The molecule has 1 heterocycles. The molecule has 0 unspecified atom stereocenters. The summed E-state index contributed by atoms with van der Waals surface area (Å²) in [5.41, 5.74) is 1.60. The molecule has 6 nitrogen and oxygen atoms in total. The van der Waals surface area contributed by atoms with Gasteiger partial charge in [-0.25, -0.2) is 4.79 Å². The van der Waals surface area contributed by atoms with E-state index in [-0.39, 0.29) is 4.91 Å². The van der Waals surface area contributed by atoms with Gasteiger partial charge in [0.25, 0.3) is 11.1 Å². The molecule has 156 valence electrons. The van der Waals surface area contributed by atoms with E-state index in [1.807, 2.05) is 30.3 Å². The smallest absolute Gasteiger partial charge is 0.328 e. The summed E-state index contributed by atoms with van der Waals surface area (Å²) < 4.78 is 11.1. The van der Waals surface area contributed by atoms with Crippen molar-refractivity contribution >= 4 is 62.5 Å². The molecule has 30 heavy (non-hydrogen) atoms. The number of esters is 1. The Balaban J connectivity index is 1.80. The van der Waals surface area contributed by atoms with Crippen LogP contribution in [0.4, 0.5) is 4.79 Å². The molecule has 0 spiro atoms. The number of ether oxygens (including phenoxy) is 2. The van der Waals surface area contributed by atoms with Gasteiger partial charge in [-0.2, -0.15) is 0 Å². The molecule has 1 fully saturated rings.